The van der Waals surface area contributed by atoms with E-state index in [1.165, 1.54) is 100 Å². The summed E-state index contributed by atoms with van der Waals surface area (Å²) in [6.45, 7) is 39.2. The molecule has 8 aromatic rings. The number of nitrogens with zero attached hydrogens (tertiary/aromatic N) is 3. The summed E-state index contributed by atoms with van der Waals surface area (Å²) in [4.78, 5) is 16.1. The van der Waals surface area contributed by atoms with Gasteiger partial charge in [0.2, 0.25) is 0 Å². The molecule has 0 radical (unpaired) electrons. The highest BCUT2D eigenvalue weighted by Crippen LogP contribution is 2.31. The lowest BCUT2D eigenvalue weighted by molar-refractivity contribution is -0.923. The minimum Gasteiger partial charge on any atom is -0.494 e. The zero-order chi connectivity index (χ0) is 65.5. The number of quaternary nitrogens is 3. The molecular weight excluding hydrogens is 1140 g/mol. The number of benzene rings is 4. The summed E-state index contributed by atoms with van der Waals surface area (Å²) in [6.07, 6.45) is 17.1. The Hall–Kier alpha value is -7.24. The molecule has 8 bridgehead atoms. The Balaban J connectivity index is 1.14. The van der Waals surface area contributed by atoms with E-state index in [0.29, 0.717) is 13.2 Å². The Bertz CT molecular complexity index is 3750. The number of hydrogen-bond donors (Lipinski definition) is 4. The van der Waals surface area contributed by atoms with E-state index in [-0.39, 0.29) is 0 Å². The zero-order valence-corrected chi connectivity index (χ0v) is 58.9. The molecule has 0 fully saturated rings. The van der Waals surface area contributed by atoms with Crippen molar-refractivity contribution in [3.05, 3.63) is 218 Å². The van der Waals surface area contributed by atoms with E-state index >= 15 is 0 Å². The second-order valence-corrected chi connectivity index (χ2v) is 26.5. The highest BCUT2D eigenvalue weighted by atomic mass is 16.5. The molecule has 0 aliphatic carbocycles. The van der Waals surface area contributed by atoms with Crippen LogP contribution in [0.4, 0.5) is 0 Å². The van der Waals surface area contributed by atoms with E-state index in [0.717, 1.165) is 200 Å². The Morgan fingerprint density at radius 2 is 0.538 bits per heavy atom. The van der Waals surface area contributed by atoms with Crippen LogP contribution in [0.15, 0.2) is 146 Å². The van der Waals surface area contributed by atoms with Crippen LogP contribution in [0, 0.1) is 0 Å². The molecule has 0 saturated heterocycles. The Morgan fingerprint density at radius 3 is 0.849 bits per heavy atom. The predicted molar refractivity (Wildman–Crippen MR) is 390 cm³/mol. The van der Waals surface area contributed by atoms with Gasteiger partial charge in [0.25, 0.3) is 0 Å². The molecule has 498 valence electrons. The van der Waals surface area contributed by atoms with Crippen LogP contribution in [0.25, 0.3) is 22.3 Å². The van der Waals surface area contributed by atoms with Gasteiger partial charge >= 0.3 is 0 Å². The topological polar surface area (TPSA) is 90.8 Å². The van der Waals surface area contributed by atoms with E-state index in [9.17, 15) is 0 Å². The fraction of sp³-hybridized carbons (Fsp3) is 0.470. The summed E-state index contributed by atoms with van der Waals surface area (Å²) in [5, 5.41) is 4.05. The fourth-order valence-corrected chi connectivity index (χ4v) is 14.6. The minimum atomic E-state index is 0.688. The van der Waals surface area contributed by atoms with Crippen LogP contribution < -0.4 is 35.6 Å². The predicted octanol–water partition coefficient (Wildman–Crippen LogP) is 15.7. The van der Waals surface area contributed by atoms with Crippen molar-refractivity contribution in [1.29, 1.82) is 0 Å². The average Bonchev–Trinajstić information content (AvgIpc) is 1.64. The SMILES string of the molecule is CCCCCCCCCCCOc1ccc(C2=c3ccc([nH]3)=C(c3ccc(OCCC[N+](CC)(CC)CC)cc3)c3ccc([nH]3)C(c3ccc(OCCC[N+](CC)(CC)CC)cc3)=c3ccc([nH]3)=C(c3ccc(CCCC[N+](CC)(CC)CC)cc3)c3ccc2[nH]3)cc1. The number of aromatic amines is 4. The Kier molecular flexibility index (Phi) is 26.2. The quantitative estimate of drug-likeness (QED) is 0.0229. The summed E-state index contributed by atoms with van der Waals surface area (Å²) in [7, 11) is 0. The van der Waals surface area contributed by atoms with Crippen LogP contribution in [-0.2, 0) is 6.42 Å². The molecular formula is C83H116N7O3+3. The molecule has 4 aromatic carbocycles. The first-order valence-electron chi connectivity index (χ1n) is 36.6. The molecule has 9 rings (SSSR count). The van der Waals surface area contributed by atoms with E-state index in [2.05, 4.69) is 235 Å². The third kappa shape index (κ3) is 18.0. The maximum absolute atomic E-state index is 6.49. The number of hydrogen-bond acceptors (Lipinski definition) is 3. The maximum atomic E-state index is 6.49. The zero-order valence-electron chi connectivity index (χ0n) is 58.9. The van der Waals surface area contributed by atoms with Crippen LogP contribution in [0.1, 0.15) is 203 Å². The van der Waals surface area contributed by atoms with Crippen molar-refractivity contribution >= 4 is 22.3 Å². The summed E-state index contributed by atoms with van der Waals surface area (Å²) in [5.41, 5.74) is 14.2. The maximum Gasteiger partial charge on any atom is 0.119 e. The van der Waals surface area contributed by atoms with Gasteiger partial charge in [-0.15, -0.1) is 0 Å². The van der Waals surface area contributed by atoms with Crippen LogP contribution in [0.2, 0.25) is 0 Å². The van der Waals surface area contributed by atoms with Crippen molar-refractivity contribution < 1.29 is 27.7 Å². The first-order valence-corrected chi connectivity index (χ1v) is 36.6. The molecule has 0 spiro atoms. The molecule has 4 N–H and O–H groups in total. The van der Waals surface area contributed by atoms with Crippen LogP contribution in [0.3, 0.4) is 0 Å². The monoisotopic (exact) mass is 1260 g/mol. The third-order valence-electron chi connectivity index (χ3n) is 21.6. The van der Waals surface area contributed by atoms with Crippen molar-refractivity contribution in [2.45, 2.75) is 159 Å². The van der Waals surface area contributed by atoms with Crippen LogP contribution >= 0.6 is 0 Å². The summed E-state index contributed by atoms with van der Waals surface area (Å²) < 4.78 is 22.8. The lowest BCUT2D eigenvalue weighted by Crippen LogP contribution is -2.48. The summed E-state index contributed by atoms with van der Waals surface area (Å²) in [5.74, 6) is 2.67. The molecule has 5 heterocycles. The van der Waals surface area contributed by atoms with E-state index in [1.807, 2.05) is 0 Å². The lowest BCUT2D eigenvalue weighted by Gasteiger charge is -2.35. The van der Waals surface area contributed by atoms with Crippen molar-refractivity contribution in [2.75, 3.05) is 98.4 Å². The molecule has 1 aliphatic heterocycles. The number of unbranched alkanes of at least 4 members (excludes halogenated alkanes) is 9. The van der Waals surface area contributed by atoms with Gasteiger partial charge in [-0.3, -0.25) is 0 Å². The van der Waals surface area contributed by atoms with Gasteiger partial charge in [0.1, 0.15) is 17.2 Å². The van der Waals surface area contributed by atoms with Gasteiger partial charge in [-0.25, -0.2) is 0 Å². The van der Waals surface area contributed by atoms with E-state index < -0.39 is 0 Å². The highest BCUT2D eigenvalue weighted by Gasteiger charge is 2.24. The van der Waals surface area contributed by atoms with Gasteiger partial charge in [-0.05, 0) is 201 Å². The van der Waals surface area contributed by atoms with Gasteiger partial charge in [0.15, 0.2) is 0 Å². The van der Waals surface area contributed by atoms with Gasteiger partial charge in [0, 0.05) is 79.3 Å². The number of aryl methyl sites for hydroxylation is 1. The second-order valence-electron chi connectivity index (χ2n) is 26.5. The standard InChI is InChI=1S/C83H116N7O3/c1-11-21-22-23-24-25-26-27-30-61-91-69-44-38-66(39-45-69)81-74-52-50-72(84-74)80(65-36-34-64(35-37-65)33-28-29-58-88(12-2,13-3)14-4)73-51-53-75(85-73)82(67-40-46-70(47-41-67)92-62-31-59-89(15-5,16-6)17-7)77-55-57-79(87-77)83(78-56-54-76(81)86-78)68-42-48-71(49-43-68)93-63-32-60-90(18-8,19-9)20-10/h34-57,84-87H,11-33,58-63H2,1-10H3/q+3. The number of rotatable bonds is 39. The summed E-state index contributed by atoms with van der Waals surface area (Å²) in [6, 6.07) is 53.6. The van der Waals surface area contributed by atoms with Gasteiger partial charge in [-0.2, -0.15) is 0 Å². The fourth-order valence-electron chi connectivity index (χ4n) is 14.6. The average molecular weight is 1260 g/mol. The molecule has 1 aliphatic rings. The van der Waals surface area contributed by atoms with Gasteiger partial charge in [-0.1, -0.05) is 119 Å². The molecule has 0 unspecified atom stereocenters. The van der Waals surface area contributed by atoms with Crippen LogP contribution in [0.5, 0.6) is 17.2 Å². The van der Waals surface area contributed by atoms with Crippen LogP contribution in [-0.4, -0.2) is 132 Å². The molecule has 10 nitrogen and oxygen atoms in total. The first-order chi connectivity index (χ1) is 45.5. The van der Waals surface area contributed by atoms with Crippen molar-refractivity contribution in [3.8, 4) is 17.2 Å². The Labute approximate surface area is 559 Å². The van der Waals surface area contributed by atoms with E-state index in [4.69, 9.17) is 14.2 Å². The minimum absolute atomic E-state index is 0.688. The Morgan fingerprint density at radius 1 is 0.258 bits per heavy atom. The largest absolute Gasteiger partial charge is 0.494 e. The smallest absolute Gasteiger partial charge is 0.119 e. The summed E-state index contributed by atoms with van der Waals surface area (Å²) >= 11 is 0. The molecule has 0 saturated carbocycles. The van der Waals surface area contributed by atoms with Crippen molar-refractivity contribution in [2.24, 2.45) is 0 Å². The van der Waals surface area contributed by atoms with Crippen molar-refractivity contribution in [1.82, 2.24) is 19.9 Å². The highest BCUT2D eigenvalue weighted by molar-refractivity contribution is 5.85. The molecule has 10 heteroatoms. The number of aromatic nitrogens is 4. The third-order valence-corrected chi connectivity index (χ3v) is 21.6. The molecule has 0 atom stereocenters. The number of nitrogens with one attached hydrogen (secondary N) is 4. The van der Waals surface area contributed by atoms with E-state index in [1.54, 1.807) is 0 Å². The van der Waals surface area contributed by atoms with Gasteiger partial charge < -0.3 is 47.6 Å². The van der Waals surface area contributed by atoms with Gasteiger partial charge in [0.05, 0.1) is 98.4 Å². The number of ether oxygens (including phenoxy) is 3. The normalized spacial score (nSPS) is 12.9. The molecule has 4 aromatic heterocycles. The second kappa shape index (κ2) is 34.8. The molecule has 93 heavy (non-hydrogen) atoms. The first kappa shape index (κ1) is 70.1. The molecule has 0 amide bonds. The number of H-pyrrole nitrogens is 4. The number of fused-ring (bicyclic) bond motifs is 8. The van der Waals surface area contributed by atoms with Crippen molar-refractivity contribution in [3.63, 3.8) is 0 Å². The lowest BCUT2D eigenvalue weighted by atomic mass is 9.99.